The van der Waals surface area contributed by atoms with Crippen LogP contribution in [0.4, 0.5) is 0 Å². The Labute approximate surface area is 66.9 Å². The Bertz CT molecular complexity index is 184. The van der Waals surface area contributed by atoms with Crippen LogP contribution in [0.3, 0.4) is 0 Å². The second-order valence-electron chi connectivity index (χ2n) is 3.44. The fourth-order valence-corrected chi connectivity index (χ4v) is 1.59. The van der Waals surface area contributed by atoms with E-state index in [-0.39, 0.29) is 5.92 Å². The van der Waals surface area contributed by atoms with Crippen LogP contribution in [0.2, 0.25) is 0 Å². The lowest BCUT2D eigenvalue weighted by Gasteiger charge is -2.33. The van der Waals surface area contributed by atoms with Crippen molar-refractivity contribution in [3.63, 3.8) is 0 Å². The lowest BCUT2D eigenvalue weighted by atomic mass is 9.71. The van der Waals surface area contributed by atoms with Gasteiger partial charge in [0.2, 0.25) is 0 Å². The zero-order chi connectivity index (χ0) is 8.43. The van der Waals surface area contributed by atoms with E-state index in [1.165, 1.54) is 0 Å². The van der Waals surface area contributed by atoms with Gasteiger partial charge in [-0.15, -0.1) is 6.58 Å². The van der Waals surface area contributed by atoms with E-state index in [2.05, 4.69) is 6.58 Å². The number of allylic oxidation sites excluding steroid dienone is 1. The molecule has 0 aromatic carbocycles. The molecule has 0 heterocycles. The summed E-state index contributed by atoms with van der Waals surface area (Å²) in [5.41, 5.74) is 1.10. The van der Waals surface area contributed by atoms with Gasteiger partial charge in [-0.05, 0) is 32.1 Å². The molecule has 62 valence electrons. The molecule has 2 nitrogen and oxygen atoms in total. The fourth-order valence-electron chi connectivity index (χ4n) is 1.59. The maximum Gasteiger partial charge on any atom is 0.306 e. The maximum atomic E-state index is 10.5. The van der Waals surface area contributed by atoms with Crippen molar-refractivity contribution in [1.82, 2.24) is 0 Å². The van der Waals surface area contributed by atoms with E-state index in [1.54, 1.807) is 0 Å². The van der Waals surface area contributed by atoms with Crippen LogP contribution in [-0.2, 0) is 4.79 Å². The highest BCUT2D eigenvalue weighted by Gasteiger charge is 2.35. The fraction of sp³-hybridized carbons (Fsp3) is 0.667. The third kappa shape index (κ3) is 1.82. The van der Waals surface area contributed by atoms with E-state index >= 15 is 0 Å². The van der Waals surface area contributed by atoms with Gasteiger partial charge in [0, 0.05) is 0 Å². The zero-order valence-corrected chi connectivity index (χ0v) is 6.84. The molecule has 0 saturated heterocycles. The normalized spacial score (nSPS) is 29.2. The van der Waals surface area contributed by atoms with Gasteiger partial charge in [0.25, 0.3) is 0 Å². The number of hydrogen-bond acceptors (Lipinski definition) is 1. The molecular weight excluding hydrogens is 140 g/mol. The minimum Gasteiger partial charge on any atom is -0.481 e. The van der Waals surface area contributed by atoms with Crippen molar-refractivity contribution in [3.05, 3.63) is 12.2 Å². The zero-order valence-electron chi connectivity index (χ0n) is 6.84. The highest BCUT2D eigenvalue weighted by atomic mass is 16.4. The predicted octanol–water partition coefficient (Wildman–Crippen LogP) is 2.06. The Morgan fingerprint density at radius 3 is 2.55 bits per heavy atom. The van der Waals surface area contributed by atoms with E-state index in [4.69, 9.17) is 5.11 Å². The van der Waals surface area contributed by atoms with Crippen LogP contribution in [0.1, 0.15) is 26.2 Å². The highest BCUT2D eigenvalue weighted by Crippen LogP contribution is 2.38. The Balaban J connectivity index is 2.37. The summed E-state index contributed by atoms with van der Waals surface area (Å²) in [4.78, 5) is 10.5. The molecule has 1 rings (SSSR count). The van der Waals surface area contributed by atoms with Crippen molar-refractivity contribution < 1.29 is 9.90 Å². The first-order valence-corrected chi connectivity index (χ1v) is 3.98. The molecule has 0 radical (unpaired) electrons. The molecular formula is C9H14O2. The van der Waals surface area contributed by atoms with E-state index in [0.29, 0.717) is 5.92 Å². The van der Waals surface area contributed by atoms with E-state index in [1.807, 2.05) is 6.92 Å². The Hall–Kier alpha value is -0.790. The Morgan fingerprint density at radius 2 is 2.27 bits per heavy atom. The Morgan fingerprint density at radius 1 is 1.64 bits per heavy atom. The molecule has 1 aliphatic carbocycles. The van der Waals surface area contributed by atoms with E-state index in [0.717, 1.165) is 24.8 Å². The van der Waals surface area contributed by atoms with Crippen LogP contribution in [0.15, 0.2) is 12.2 Å². The summed E-state index contributed by atoms with van der Waals surface area (Å²) in [6.45, 7) is 5.73. The molecule has 0 spiro atoms. The minimum atomic E-state index is -0.637. The Kier molecular flexibility index (Phi) is 2.32. The summed E-state index contributed by atoms with van der Waals surface area (Å²) in [5, 5.41) is 8.69. The summed E-state index contributed by atoms with van der Waals surface area (Å²) >= 11 is 0. The number of hydrogen-bond donors (Lipinski definition) is 1. The number of carbonyl (C=O) groups is 1. The lowest BCUT2D eigenvalue weighted by molar-refractivity contribution is -0.147. The maximum absolute atomic E-state index is 10.5. The summed E-state index contributed by atoms with van der Waals surface area (Å²) < 4.78 is 0. The van der Waals surface area contributed by atoms with Gasteiger partial charge in [-0.1, -0.05) is 5.57 Å². The number of carboxylic acid groups (broad SMARTS) is 1. The van der Waals surface area contributed by atoms with Crippen LogP contribution >= 0.6 is 0 Å². The lowest BCUT2D eigenvalue weighted by Crippen LogP contribution is -2.32. The first kappa shape index (κ1) is 8.31. The minimum absolute atomic E-state index is 0.0910. The summed E-state index contributed by atoms with van der Waals surface area (Å²) in [6.07, 6.45) is 2.80. The third-order valence-electron chi connectivity index (χ3n) is 2.35. The largest absolute Gasteiger partial charge is 0.481 e. The van der Waals surface area contributed by atoms with Gasteiger partial charge in [0.1, 0.15) is 0 Å². The van der Waals surface area contributed by atoms with Crippen LogP contribution in [0.25, 0.3) is 0 Å². The molecule has 2 heteroatoms. The quantitative estimate of drug-likeness (QED) is 0.632. The van der Waals surface area contributed by atoms with Crippen molar-refractivity contribution in [3.8, 4) is 0 Å². The molecule has 1 fully saturated rings. The molecule has 0 aromatic rings. The van der Waals surface area contributed by atoms with Gasteiger partial charge < -0.3 is 5.11 Å². The second-order valence-corrected chi connectivity index (χ2v) is 3.44. The first-order chi connectivity index (χ1) is 5.11. The molecule has 1 saturated carbocycles. The number of aliphatic carboxylic acids is 1. The van der Waals surface area contributed by atoms with Crippen molar-refractivity contribution in [2.45, 2.75) is 26.2 Å². The van der Waals surface area contributed by atoms with Gasteiger partial charge in [0.15, 0.2) is 0 Å². The topological polar surface area (TPSA) is 37.3 Å². The average molecular weight is 154 g/mol. The van der Waals surface area contributed by atoms with Crippen molar-refractivity contribution in [2.24, 2.45) is 11.8 Å². The highest BCUT2D eigenvalue weighted by molar-refractivity contribution is 5.71. The molecule has 1 N–H and O–H groups in total. The monoisotopic (exact) mass is 154 g/mol. The summed E-state index contributed by atoms with van der Waals surface area (Å²) in [6, 6.07) is 0. The second kappa shape index (κ2) is 3.07. The van der Waals surface area contributed by atoms with Crippen LogP contribution in [0, 0.1) is 11.8 Å². The summed E-state index contributed by atoms with van der Waals surface area (Å²) in [7, 11) is 0. The number of rotatable bonds is 3. The van der Waals surface area contributed by atoms with Gasteiger partial charge in [-0.25, -0.2) is 0 Å². The smallest absolute Gasteiger partial charge is 0.306 e. The van der Waals surface area contributed by atoms with Gasteiger partial charge >= 0.3 is 5.97 Å². The SMILES string of the molecule is C=C(C)CC1CCC1C(=O)O. The molecule has 1 aliphatic rings. The molecule has 2 unspecified atom stereocenters. The van der Waals surface area contributed by atoms with Crippen molar-refractivity contribution in [1.29, 1.82) is 0 Å². The standard InChI is InChI=1S/C9H14O2/c1-6(2)5-7-3-4-8(7)9(10)11/h7-8H,1,3-5H2,2H3,(H,10,11). The molecule has 2 atom stereocenters. The van der Waals surface area contributed by atoms with Crippen molar-refractivity contribution in [2.75, 3.05) is 0 Å². The van der Waals surface area contributed by atoms with Crippen LogP contribution in [0.5, 0.6) is 0 Å². The van der Waals surface area contributed by atoms with Gasteiger partial charge in [-0.3, -0.25) is 4.79 Å². The molecule has 11 heavy (non-hydrogen) atoms. The van der Waals surface area contributed by atoms with Crippen LogP contribution < -0.4 is 0 Å². The van der Waals surface area contributed by atoms with Crippen molar-refractivity contribution >= 4 is 5.97 Å². The van der Waals surface area contributed by atoms with E-state index < -0.39 is 5.97 Å². The number of carboxylic acids is 1. The molecule has 0 aliphatic heterocycles. The summed E-state index contributed by atoms with van der Waals surface area (Å²) in [5.74, 6) is -0.362. The van der Waals surface area contributed by atoms with Gasteiger partial charge in [-0.2, -0.15) is 0 Å². The van der Waals surface area contributed by atoms with Crippen LogP contribution in [-0.4, -0.2) is 11.1 Å². The molecule has 0 amide bonds. The molecule has 0 bridgehead atoms. The molecule has 0 aromatic heterocycles. The first-order valence-electron chi connectivity index (χ1n) is 3.98. The average Bonchev–Trinajstić information content (AvgIpc) is 1.78. The predicted molar refractivity (Wildman–Crippen MR) is 43.3 cm³/mol. The van der Waals surface area contributed by atoms with Gasteiger partial charge in [0.05, 0.1) is 5.92 Å². The third-order valence-corrected chi connectivity index (χ3v) is 2.35. The van der Waals surface area contributed by atoms with E-state index in [9.17, 15) is 4.79 Å².